The fourth-order valence-corrected chi connectivity index (χ4v) is 1.11. The maximum absolute atomic E-state index is 10.8. The van der Waals surface area contributed by atoms with Crippen molar-refractivity contribution in [3.63, 3.8) is 0 Å². The quantitative estimate of drug-likeness (QED) is 0.477. The summed E-state index contributed by atoms with van der Waals surface area (Å²) < 4.78 is 0. The number of hydrogen-bond donors (Lipinski definition) is 0. The minimum absolute atomic E-state index is 0.313. The lowest BCUT2D eigenvalue weighted by molar-refractivity contribution is -0.186. The SMILES string of the molecule is O=C(CCl)C(=O)ON1CCCC1. The van der Waals surface area contributed by atoms with Crippen molar-refractivity contribution in [1.82, 2.24) is 5.06 Å². The molecular formula is C7H10ClNO3. The zero-order valence-corrected chi connectivity index (χ0v) is 7.34. The van der Waals surface area contributed by atoms with E-state index in [9.17, 15) is 9.59 Å². The topological polar surface area (TPSA) is 46.6 Å². The molecule has 0 atom stereocenters. The Labute approximate surface area is 75.4 Å². The van der Waals surface area contributed by atoms with Gasteiger partial charge in [0.15, 0.2) is 0 Å². The van der Waals surface area contributed by atoms with Crippen LogP contribution in [0.15, 0.2) is 0 Å². The van der Waals surface area contributed by atoms with Crippen LogP contribution in [0.2, 0.25) is 0 Å². The van der Waals surface area contributed by atoms with Crippen LogP contribution < -0.4 is 0 Å². The number of carbonyl (C=O) groups excluding carboxylic acids is 2. The van der Waals surface area contributed by atoms with E-state index in [1.807, 2.05) is 0 Å². The lowest BCUT2D eigenvalue weighted by Gasteiger charge is -2.12. The molecule has 0 saturated carbocycles. The highest BCUT2D eigenvalue weighted by Crippen LogP contribution is 2.07. The average Bonchev–Trinajstić information content (AvgIpc) is 2.55. The number of hydroxylamine groups is 2. The molecule has 0 spiro atoms. The maximum Gasteiger partial charge on any atom is 0.394 e. The highest BCUT2D eigenvalue weighted by molar-refractivity contribution is 6.45. The van der Waals surface area contributed by atoms with Gasteiger partial charge < -0.3 is 4.84 Å². The summed E-state index contributed by atoms with van der Waals surface area (Å²) in [5, 5.41) is 1.49. The zero-order valence-electron chi connectivity index (χ0n) is 6.59. The van der Waals surface area contributed by atoms with Crippen molar-refractivity contribution in [1.29, 1.82) is 0 Å². The first-order chi connectivity index (χ1) is 5.74. The van der Waals surface area contributed by atoms with Crippen molar-refractivity contribution in [3.8, 4) is 0 Å². The molecule has 0 aliphatic carbocycles. The minimum Gasteiger partial charge on any atom is -0.362 e. The van der Waals surface area contributed by atoms with Crippen LogP contribution in [0.4, 0.5) is 0 Å². The van der Waals surface area contributed by atoms with Gasteiger partial charge in [0.1, 0.15) is 0 Å². The second-order valence-corrected chi connectivity index (χ2v) is 2.84. The molecule has 5 heteroatoms. The summed E-state index contributed by atoms with van der Waals surface area (Å²) in [5.41, 5.74) is 0. The number of nitrogens with zero attached hydrogens (tertiary/aromatic N) is 1. The van der Waals surface area contributed by atoms with Crippen LogP contribution in [-0.2, 0) is 14.4 Å². The van der Waals surface area contributed by atoms with Gasteiger partial charge in [0.25, 0.3) is 5.78 Å². The van der Waals surface area contributed by atoms with Crippen LogP contribution in [0.1, 0.15) is 12.8 Å². The number of Topliss-reactive ketones (excluding diaryl/α,β-unsaturated/α-hetero) is 1. The largest absolute Gasteiger partial charge is 0.394 e. The summed E-state index contributed by atoms with van der Waals surface area (Å²) in [6.07, 6.45) is 2.00. The summed E-state index contributed by atoms with van der Waals surface area (Å²) in [5.74, 6) is -1.86. The third kappa shape index (κ3) is 2.46. The number of halogens is 1. The molecule has 0 unspecified atom stereocenters. The van der Waals surface area contributed by atoms with Gasteiger partial charge in [0.05, 0.1) is 5.88 Å². The standard InChI is InChI=1S/C7H10ClNO3/c8-5-6(10)7(11)12-9-3-1-2-4-9/h1-5H2. The highest BCUT2D eigenvalue weighted by atomic mass is 35.5. The Morgan fingerprint density at radius 1 is 1.33 bits per heavy atom. The smallest absolute Gasteiger partial charge is 0.362 e. The lowest BCUT2D eigenvalue weighted by atomic mass is 10.4. The summed E-state index contributed by atoms with van der Waals surface area (Å²) >= 11 is 5.16. The molecule has 0 N–H and O–H groups in total. The van der Waals surface area contributed by atoms with E-state index >= 15 is 0 Å². The molecule has 12 heavy (non-hydrogen) atoms. The molecule has 1 heterocycles. The van der Waals surface area contributed by atoms with Crippen LogP contribution in [0.3, 0.4) is 0 Å². The number of hydrogen-bond acceptors (Lipinski definition) is 4. The molecule has 0 aromatic rings. The van der Waals surface area contributed by atoms with Gasteiger partial charge in [-0.2, -0.15) is 0 Å². The number of alkyl halides is 1. The molecule has 0 aromatic carbocycles. The van der Waals surface area contributed by atoms with Crippen molar-refractivity contribution in [2.45, 2.75) is 12.8 Å². The maximum atomic E-state index is 10.8. The summed E-state index contributed by atoms with van der Waals surface area (Å²) in [6.45, 7) is 1.42. The van der Waals surface area contributed by atoms with Gasteiger partial charge in [-0.15, -0.1) is 16.7 Å². The predicted molar refractivity (Wildman–Crippen MR) is 42.6 cm³/mol. The Morgan fingerprint density at radius 2 is 1.92 bits per heavy atom. The van der Waals surface area contributed by atoms with Crippen LogP contribution in [-0.4, -0.2) is 35.8 Å². The van der Waals surface area contributed by atoms with Gasteiger partial charge in [-0.3, -0.25) is 4.79 Å². The summed E-state index contributed by atoms with van der Waals surface area (Å²) in [6, 6.07) is 0. The van der Waals surface area contributed by atoms with Gasteiger partial charge in [-0.1, -0.05) is 0 Å². The number of rotatable bonds is 3. The van der Waals surface area contributed by atoms with Gasteiger partial charge in [-0.25, -0.2) is 4.79 Å². The Hall–Kier alpha value is -0.610. The third-order valence-corrected chi connectivity index (χ3v) is 1.87. The molecule has 0 bridgehead atoms. The highest BCUT2D eigenvalue weighted by Gasteiger charge is 2.20. The molecule has 1 saturated heterocycles. The van der Waals surface area contributed by atoms with Crippen molar-refractivity contribution in [2.24, 2.45) is 0 Å². The van der Waals surface area contributed by atoms with E-state index in [1.165, 1.54) is 5.06 Å². The second kappa shape index (κ2) is 4.42. The number of carbonyl (C=O) groups is 2. The molecular weight excluding hydrogens is 182 g/mol. The first-order valence-electron chi connectivity index (χ1n) is 3.80. The first kappa shape index (κ1) is 9.48. The predicted octanol–water partition coefficient (Wildman–Crippen LogP) is 0.348. The average molecular weight is 192 g/mol. The molecule has 4 nitrogen and oxygen atoms in total. The Morgan fingerprint density at radius 3 is 2.42 bits per heavy atom. The van der Waals surface area contributed by atoms with E-state index in [4.69, 9.17) is 16.4 Å². The monoisotopic (exact) mass is 191 g/mol. The molecule has 0 amide bonds. The second-order valence-electron chi connectivity index (χ2n) is 2.57. The van der Waals surface area contributed by atoms with Gasteiger partial charge in [-0.05, 0) is 12.8 Å². The van der Waals surface area contributed by atoms with Crippen molar-refractivity contribution in [2.75, 3.05) is 19.0 Å². The zero-order chi connectivity index (χ0) is 8.97. The van der Waals surface area contributed by atoms with E-state index in [2.05, 4.69) is 0 Å². The normalized spacial score (nSPS) is 17.8. The molecule has 1 aliphatic rings. The van der Waals surface area contributed by atoms with E-state index < -0.39 is 11.8 Å². The Balaban J connectivity index is 2.29. The van der Waals surface area contributed by atoms with Gasteiger partial charge in [0, 0.05) is 13.1 Å². The third-order valence-electron chi connectivity index (χ3n) is 1.63. The molecule has 1 rings (SSSR count). The molecule has 68 valence electrons. The Bertz CT molecular complexity index is 189. The van der Waals surface area contributed by atoms with Crippen molar-refractivity contribution < 1.29 is 14.4 Å². The summed E-state index contributed by atoms with van der Waals surface area (Å²) in [4.78, 5) is 26.2. The van der Waals surface area contributed by atoms with E-state index in [0.29, 0.717) is 13.1 Å². The number of ketones is 1. The van der Waals surface area contributed by atoms with E-state index in [0.717, 1.165) is 12.8 Å². The van der Waals surface area contributed by atoms with Gasteiger partial charge >= 0.3 is 5.97 Å². The van der Waals surface area contributed by atoms with Gasteiger partial charge in [0.2, 0.25) is 0 Å². The van der Waals surface area contributed by atoms with Crippen LogP contribution in [0.25, 0.3) is 0 Å². The van der Waals surface area contributed by atoms with E-state index in [1.54, 1.807) is 0 Å². The van der Waals surface area contributed by atoms with Crippen LogP contribution >= 0.6 is 11.6 Å². The Kier molecular flexibility index (Phi) is 3.49. The van der Waals surface area contributed by atoms with E-state index in [-0.39, 0.29) is 5.88 Å². The first-order valence-corrected chi connectivity index (χ1v) is 4.33. The molecule has 1 fully saturated rings. The van der Waals surface area contributed by atoms with Crippen LogP contribution in [0, 0.1) is 0 Å². The van der Waals surface area contributed by atoms with Crippen LogP contribution in [0.5, 0.6) is 0 Å². The molecule has 0 aromatic heterocycles. The van der Waals surface area contributed by atoms with Crippen molar-refractivity contribution >= 4 is 23.4 Å². The molecule has 0 radical (unpaired) electrons. The molecule has 1 aliphatic heterocycles. The lowest BCUT2D eigenvalue weighted by Crippen LogP contribution is -2.29. The fraction of sp³-hybridized carbons (Fsp3) is 0.714. The minimum atomic E-state index is -0.855. The fourth-order valence-electron chi connectivity index (χ4n) is 1.00. The van der Waals surface area contributed by atoms with Crippen molar-refractivity contribution in [3.05, 3.63) is 0 Å². The summed E-state index contributed by atoms with van der Waals surface area (Å²) in [7, 11) is 0.